The van der Waals surface area contributed by atoms with E-state index in [1.165, 1.54) is 6.07 Å². The minimum Gasteiger partial charge on any atom is -0.383 e. The normalized spacial score (nSPS) is 16.3. The first kappa shape index (κ1) is 14.0. The number of nitrogens with zero attached hydrogens (tertiary/aromatic N) is 3. The lowest BCUT2D eigenvalue weighted by Gasteiger charge is -2.26. The van der Waals surface area contributed by atoms with Crippen LogP contribution in [0.5, 0.6) is 0 Å². The molecule has 6 heteroatoms. The quantitative estimate of drug-likeness (QED) is 0.933. The second-order valence-electron chi connectivity index (χ2n) is 5.26. The van der Waals surface area contributed by atoms with E-state index in [2.05, 4.69) is 10.00 Å². The highest BCUT2D eigenvalue weighted by Gasteiger charge is 2.14. The van der Waals surface area contributed by atoms with E-state index in [1.54, 1.807) is 17.9 Å². The molecule has 112 valence electrons. The van der Waals surface area contributed by atoms with E-state index in [-0.39, 0.29) is 5.82 Å². The molecule has 5 nitrogen and oxygen atoms in total. The molecule has 2 N–H and O–H groups in total. The van der Waals surface area contributed by atoms with Crippen molar-refractivity contribution in [3.63, 3.8) is 0 Å². The highest BCUT2D eigenvalue weighted by atomic mass is 19.1. The van der Waals surface area contributed by atoms with Crippen LogP contribution in [0, 0.1) is 5.82 Å². The summed E-state index contributed by atoms with van der Waals surface area (Å²) in [6.45, 7) is 3.73. The van der Waals surface area contributed by atoms with Crippen LogP contribution in [0.25, 0.3) is 11.1 Å². The average Bonchev–Trinajstić information content (AvgIpc) is 2.82. The Balaban J connectivity index is 1.81. The molecule has 2 heterocycles. The fourth-order valence-electron chi connectivity index (χ4n) is 2.51. The van der Waals surface area contributed by atoms with Crippen LogP contribution in [0.15, 0.2) is 24.4 Å². The molecule has 1 saturated heterocycles. The number of hydrogen-bond acceptors (Lipinski definition) is 4. The maximum atomic E-state index is 14.3. The first-order valence-electron chi connectivity index (χ1n) is 7.01. The van der Waals surface area contributed by atoms with Gasteiger partial charge in [-0.15, -0.1) is 0 Å². The summed E-state index contributed by atoms with van der Waals surface area (Å²) in [5.41, 5.74) is 8.14. The van der Waals surface area contributed by atoms with Crippen molar-refractivity contribution in [2.45, 2.75) is 6.54 Å². The summed E-state index contributed by atoms with van der Waals surface area (Å²) in [7, 11) is 1.77. The van der Waals surface area contributed by atoms with E-state index in [1.807, 2.05) is 12.1 Å². The van der Waals surface area contributed by atoms with E-state index >= 15 is 0 Å². The SMILES string of the molecule is Cn1ncc(-c2ccc(CN3CCOCC3)c(F)c2)c1N. The van der Waals surface area contributed by atoms with Gasteiger partial charge in [0, 0.05) is 37.8 Å². The zero-order chi connectivity index (χ0) is 14.8. The lowest BCUT2D eigenvalue weighted by molar-refractivity contribution is 0.0337. The second kappa shape index (κ2) is 5.83. The van der Waals surface area contributed by atoms with Gasteiger partial charge in [-0.2, -0.15) is 5.10 Å². The van der Waals surface area contributed by atoms with Gasteiger partial charge in [0.1, 0.15) is 11.6 Å². The number of benzene rings is 1. The average molecular weight is 290 g/mol. The number of nitrogen functional groups attached to an aromatic ring is 1. The number of ether oxygens (including phenoxy) is 1. The fraction of sp³-hybridized carbons (Fsp3) is 0.400. The summed E-state index contributed by atoms with van der Waals surface area (Å²) in [4.78, 5) is 2.19. The minimum absolute atomic E-state index is 0.206. The van der Waals surface area contributed by atoms with Crippen LogP contribution in [0.1, 0.15) is 5.56 Å². The molecule has 1 aromatic heterocycles. The molecule has 1 fully saturated rings. The molecular weight excluding hydrogens is 271 g/mol. The Morgan fingerprint density at radius 3 is 2.71 bits per heavy atom. The lowest BCUT2D eigenvalue weighted by atomic mass is 10.1. The van der Waals surface area contributed by atoms with E-state index < -0.39 is 0 Å². The molecule has 0 spiro atoms. The van der Waals surface area contributed by atoms with Crippen molar-refractivity contribution in [3.8, 4) is 11.1 Å². The summed E-state index contributed by atoms with van der Waals surface area (Å²) < 4.78 is 21.2. The van der Waals surface area contributed by atoms with Crippen molar-refractivity contribution in [2.75, 3.05) is 32.0 Å². The number of halogens is 1. The standard InChI is InChI=1S/C15H19FN4O/c1-19-15(17)13(9-18-19)11-2-3-12(14(16)8-11)10-20-4-6-21-7-5-20/h2-3,8-9H,4-7,10,17H2,1H3. The maximum Gasteiger partial charge on any atom is 0.129 e. The van der Waals surface area contributed by atoms with Crippen molar-refractivity contribution < 1.29 is 9.13 Å². The van der Waals surface area contributed by atoms with Gasteiger partial charge in [-0.1, -0.05) is 12.1 Å². The van der Waals surface area contributed by atoms with Gasteiger partial charge in [0.15, 0.2) is 0 Å². The Kier molecular flexibility index (Phi) is 3.90. The van der Waals surface area contributed by atoms with Crippen molar-refractivity contribution in [1.82, 2.24) is 14.7 Å². The summed E-state index contributed by atoms with van der Waals surface area (Å²) in [6, 6.07) is 5.25. The Labute approximate surface area is 123 Å². The number of aryl methyl sites for hydroxylation is 1. The Morgan fingerprint density at radius 1 is 1.33 bits per heavy atom. The molecule has 0 unspecified atom stereocenters. The molecule has 0 amide bonds. The van der Waals surface area contributed by atoms with Crippen LogP contribution < -0.4 is 5.73 Å². The first-order valence-corrected chi connectivity index (χ1v) is 7.01. The summed E-state index contributed by atoms with van der Waals surface area (Å²) in [6.07, 6.45) is 1.66. The lowest BCUT2D eigenvalue weighted by Crippen LogP contribution is -2.35. The molecule has 3 rings (SSSR count). The third-order valence-corrected chi connectivity index (χ3v) is 3.85. The third-order valence-electron chi connectivity index (χ3n) is 3.85. The highest BCUT2D eigenvalue weighted by molar-refractivity contribution is 5.73. The number of rotatable bonds is 3. The Morgan fingerprint density at radius 2 is 2.10 bits per heavy atom. The second-order valence-corrected chi connectivity index (χ2v) is 5.26. The topological polar surface area (TPSA) is 56.3 Å². The molecule has 0 aliphatic carbocycles. The predicted molar refractivity (Wildman–Crippen MR) is 79.1 cm³/mol. The summed E-state index contributed by atoms with van der Waals surface area (Å²) >= 11 is 0. The molecule has 1 aliphatic heterocycles. The van der Waals surface area contributed by atoms with Gasteiger partial charge >= 0.3 is 0 Å². The van der Waals surface area contributed by atoms with Crippen molar-refractivity contribution in [2.24, 2.45) is 7.05 Å². The zero-order valence-corrected chi connectivity index (χ0v) is 12.1. The van der Waals surface area contributed by atoms with Gasteiger partial charge < -0.3 is 10.5 Å². The van der Waals surface area contributed by atoms with Crippen LogP contribution in [-0.4, -0.2) is 41.0 Å². The molecule has 21 heavy (non-hydrogen) atoms. The molecule has 0 saturated carbocycles. The molecule has 2 aromatic rings. The number of nitrogens with two attached hydrogens (primary N) is 1. The van der Waals surface area contributed by atoms with Crippen LogP contribution in [0.2, 0.25) is 0 Å². The fourth-order valence-corrected chi connectivity index (χ4v) is 2.51. The first-order chi connectivity index (χ1) is 10.1. The molecule has 0 atom stereocenters. The summed E-state index contributed by atoms with van der Waals surface area (Å²) in [5, 5.41) is 4.09. The van der Waals surface area contributed by atoms with Gasteiger partial charge in [0.2, 0.25) is 0 Å². The van der Waals surface area contributed by atoms with Crippen LogP contribution in [0.4, 0.5) is 10.2 Å². The Bertz CT molecular complexity index is 635. The van der Waals surface area contributed by atoms with Crippen LogP contribution in [-0.2, 0) is 18.3 Å². The monoisotopic (exact) mass is 290 g/mol. The molecule has 1 aromatic carbocycles. The highest BCUT2D eigenvalue weighted by Crippen LogP contribution is 2.27. The number of anilines is 1. The molecule has 1 aliphatic rings. The van der Waals surface area contributed by atoms with E-state index in [0.717, 1.165) is 24.2 Å². The Hall–Kier alpha value is -1.92. The van der Waals surface area contributed by atoms with Crippen molar-refractivity contribution in [3.05, 3.63) is 35.8 Å². The third kappa shape index (κ3) is 2.91. The predicted octanol–water partition coefficient (Wildman–Crippen LogP) is 1.64. The van der Waals surface area contributed by atoms with Crippen LogP contribution >= 0.6 is 0 Å². The molecule has 0 radical (unpaired) electrons. The molecule has 0 bridgehead atoms. The van der Waals surface area contributed by atoms with Gasteiger partial charge in [-0.3, -0.25) is 9.58 Å². The van der Waals surface area contributed by atoms with Crippen molar-refractivity contribution in [1.29, 1.82) is 0 Å². The van der Waals surface area contributed by atoms with Gasteiger partial charge in [-0.25, -0.2) is 4.39 Å². The smallest absolute Gasteiger partial charge is 0.129 e. The van der Waals surface area contributed by atoms with E-state index in [9.17, 15) is 4.39 Å². The maximum absolute atomic E-state index is 14.3. The minimum atomic E-state index is -0.206. The largest absolute Gasteiger partial charge is 0.383 e. The van der Waals surface area contributed by atoms with Crippen LogP contribution in [0.3, 0.4) is 0 Å². The number of morpholine rings is 1. The van der Waals surface area contributed by atoms with E-state index in [0.29, 0.717) is 31.1 Å². The number of aromatic nitrogens is 2. The van der Waals surface area contributed by atoms with Crippen molar-refractivity contribution >= 4 is 5.82 Å². The van der Waals surface area contributed by atoms with Gasteiger partial charge in [0.25, 0.3) is 0 Å². The summed E-state index contributed by atoms with van der Waals surface area (Å²) in [5.74, 6) is 0.331. The van der Waals surface area contributed by atoms with Gasteiger partial charge in [-0.05, 0) is 11.6 Å². The van der Waals surface area contributed by atoms with E-state index in [4.69, 9.17) is 10.5 Å². The number of hydrogen-bond donors (Lipinski definition) is 1. The van der Waals surface area contributed by atoms with Gasteiger partial charge in [0.05, 0.1) is 19.4 Å². The zero-order valence-electron chi connectivity index (χ0n) is 12.1. The molecular formula is C15H19FN4O.